The first-order chi connectivity index (χ1) is 27.5. The third-order valence-electron chi connectivity index (χ3n) is 9.41. The maximum absolute atomic E-state index is 13.5. The van der Waals surface area contributed by atoms with E-state index >= 15 is 0 Å². The zero-order valence-corrected chi connectivity index (χ0v) is 33.4. The van der Waals surface area contributed by atoms with E-state index in [-0.39, 0.29) is 17.7 Å². The molecule has 4 aromatic carbocycles. The maximum atomic E-state index is 13.5. The van der Waals surface area contributed by atoms with Crippen LogP contribution in [0.1, 0.15) is 21.5 Å². The van der Waals surface area contributed by atoms with Crippen molar-refractivity contribution in [2.45, 2.75) is 26.6 Å². The number of fused-ring (bicyclic) bond motifs is 1. The van der Waals surface area contributed by atoms with E-state index < -0.39 is 14.1 Å². The number of morpholine rings is 1. The van der Waals surface area contributed by atoms with Crippen LogP contribution in [-0.2, 0) is 4.74 Å². The number of aryl methyl sites for hydroxylation is 1. The molecule has 4 N–H and O–H groups in total. The van der Waals surface area contributed by atoms with Gasteiger partial charge in [-0.2, -0.15) is 10.1 Å². The van der Waals surface area contributed by atoms with Crippen LogP contribution >= 0.6 is 0 Å². The van der Waals surface area contributed by atoms with Crippen molar-refractivity contribution < 1.29 is 19.1 Å². The number of nitrogens with one attached hydrogen (secondary N) is 4. The van der Waals surface area contributed by atoms with Gasteiger partial charge in [-0.3, -0.25) is 15.0 Å². The average molecular weight is 780 g/mol. The van der Waals surface area contributed by atoms with E-state index in [0.717, 1.165) is 47.0 Å². The first-order valence-electron chi connectivity index (χ1n) is 18.8. The van der Waals surface area contributed by atoms with Crippen LogP contribution in [0.5, 0.6) is 11.6 Å². The Hall–Kier alpha value is -6.53. The normalized spacial score (nSPS) is 13.1. The number of nitrogens with zero attached hydrogens (tertiary/aromatic N) is 5. The second-order valence-electron chi connectivity index (χ2n) is 14.7. The third-order valence-corrected chi connectivity index (χ3v) is 11.2. The molecular weight excluding hydrogens is 735 g/mol. The van der Waals surface area contributed by atoms with Gasteiger partial charge in [0.25, 0.3) is 5.91 Å². The summed E-state index contributed by atoms with van der Waals surface area (Å²) in [4.78, 5) is 37.8. The minimum absolute atomic E-state index is 0.228. The maximum Gasteiger partial charge on any atom is 0.324 e. The summed E-state index contributed by atoms with van der Waals surface area (Å²) in [6, 6.07) is 27.6. The molecule has 0 atom stereocenters. The highest BCUT2D eigenvalue weighted by molar-refractivity contribution is 6.88. The summed E-state index contributed by atoms with van der Waals surface area (Å²) in [5.74, 6) is 4.04. The van der Waals surface area contributed by atoms with Gasteiger partial charge in [0.05, 0.1) is 24.6 Å². The standard InChI is InChI=1S/C43H45N9O4Si/c1-6-30-25-31(41(53)44-19-20-51-21-23-55-24-22-51)27-32(26-30)46-42-45-18-17-39(49-42)56-37-16-15-36(34-9-7-8-10-35(34)37)47-43(54)48-38-28-40(57(3,4)5)50-52(38)33-13-11-29(2)12-14-33/h1,7-18,25-28H,19-24H2,2-5H3,(H,44,53)(H,45,46,49)(H2,47,48,54). The van der Waals surface area contributed by atoms with Crippen molar-refractivity contribution in [2.75, 3.05) is 55.3 Å². The summed E-state index contributed by atoms with van der Waals surface area (Å²) in [5.41, 5.74) is 4.11. The molecule has 13 nitrogen and oxygen atoms in total. The van der Waals surface area contributed by atoms with Gasteiger partial charge in [0.15, 0.2) is 0 Å². The van der Waals surface area contributed by atoms with Gasteiger partial charge in [-0.25, -0.2) is 14.5 Å². The van der Waals surface area contributed by atoms with Gasteiger partial charge >= 0.3 is 6.03 Å². The minimum atomic E-state index is -1.79. The van der Waals surface area contributed by atoms with E-state index in [4.69, 9.17) is 21.0 Å². The van der Waals surface area contributed by atoms with Crippen molar-refractivity contribution in [3.63, 3.8) is 0 Å². The number of anilines is 4. The highest BCUT2D eigenvalue weighted by atomic mass is 28.3. The lowest BCUT2D eigenvalue weighted by Crippen LogP contribution is -2.41. The largest absolute Gasteiger partial charge is 0.438 e. The molecule has 57 heavy (non-hydrogen) atoms. The fourth-order valence-corrected chi connectivity index (χ4v) is 7.30. The Balaban J connectivity index is 1.05. The summed E-state index contributed by atoms with van der Waals surface area (Å²) >= 11 is 0. The van der Waals surface area contributed by atoms with Gasteiger partial charge in [-0.05, 0) is 55.5 Å². The number of urea groups is 1. The summed E-state index contributed by atoms with van der Waals surface area (Å²) in [6.07, 6.45) is 7.32. The number of ether oxygens (including phenoxy) is 2. The fraction of sp³-hybridized carbons (Fsp3) is 0.233. The zero-order valence-electron chi connectivity index (χ0n) is 32.4. The molecule has 2 aromatic heterocycles. The summed E-state index contributed by atoms with van der Waals surface area (Å²) in [6.45, 7) is 13.0. The van der Waals surface area contributed by atoms with E-state index in [1.54, 1.807) is 47.3 Å². The molecule has 1 saturated heterocycles. The lowest BCUT2D eigenvalue weighted by atomic mass is 10.1. The van der Waals surface area contributed by atoms with Crippen LogP contribution in [0.2, 0.25) is 19.6 Å². The number of amides is 3. The predicted octanol–water partition coefficient (Wildman–Crippen LogP) is 6.89. The molecule has 0 aliphatic carbocycles. The molecule has 3 heterocycles. The van der Waals surface area contributed by atoms with Crippen LogP contribution in [0.3, 0.4) is 0 Å². The van der Waals surface area contributed by atoms with Gasteiger partial charge in [0, 0.05) is 71.3 Å². The molecule has 7 rings (SSSR count). The molecular formula is C43H45N9O4Si. The number of hydrogen-bond acceptors (Lipinski definition) is 9. The second-order valence-corrected chi connectivity index (χ2v) is 19.8. The van der Waals surface area contributed by atoms with Crippen molar-refractivity contribution in [1.29, 1.82) is 0 Å². The molecule has 1 aliphatic rings. The van der Waals surface area contributed by atoms with Gasteiger partial charge in [0.2, 0.25) is 11.8 Å². The Bertz CT molecular complexity index is 2450. The fourth-order valence-electron chi connectivity index (χ4n) is 6.33. The van der Waals surface area contributed by atoms with Crippen LogP contribution in [0.25, 0.3) is 16.5 Å². The Labute approximate surface area is 332 Å². The van der Waals surface area contributed by atoms with Gasteiger partial charge < -0.3 is 25.4 Å². The molecule has 14 heteroatoms. The molecule has 290 valence electrons. The number of rotatable bonds is 12. The summed E-state index contributed by atoms with van der Waals surface area (Å²) < 4.78 is 13.5. The van der Waals surface area contributed by atoms with Crippen LogP contribution in [-0.4, -0.2) is 84.1 Å². The Kier molecular flexibility index (Phi) is 11.6. The summed E-state index contributed by atoms with van der Waals surface area (Å²) in [7, 11) is -1.79. The number of hydrogen-bond donors (Lipinski definition) is 4. The number of carbonyl (C=O) groups excluding carboxylic acids is 2. The summed E-state index contributed by atoms with van der Waals surface area (Å²) in [5, 5.41) is 19.6. The predicted molar refractivity (Wildman–Crippen MR) is 227 cm³/mol. The zero-order chi connectivity index (χ0) is 39.9. The highest BCUT2D eigenvalue weighted by Crippen LogP contribution is 2.34. The first-order valence-corrected chi connectivity index (χ1v) is 22.3. The van der Waals surface area contributed by atoms with Gasteiger partial charge in [-0.15, -0.1) is 6.42 Å². The quantitative estimate of drug-likeness (QED) is 0.0770. The Morgan fingerprint density at radius 3 is 2.46 bits per heavy atom. The van der Waals surface area contributed by atoms with Crippen LogP contribution in [0.4, 0.5) is 27.9 Å². The van der Waals surface area contributed by atoms with Gasteiger partial charge in [-0.1, -0.05) is 67.5 Å². The molecule has 0 spiro atoms. The number of carbonyl (C=O) groups is 2. The third kappa shape index (κ3) is 9.65. The number of aromatic nitrogens is 4. The van der Waals surface area contributed by atoms with Crippen molar-refractivity contribution in [1.82, 2.24) is 30.0 Å². The number of benzene rings is 4. The van der Waals surface area contributed by atoms with Crippen LogP contribution < -0.4 is 31.3 Å². The Morgan fingerprint density at radius 1 is 0.930 bits per heavy atom. The van der Waals surface area contributed by atoms with Crippen molar-refractivity contribution in [3.05, 3.63) is 114 Å². The van der Waals surface area contributed by atoms with Crippen LogP contribution in [0.15, 0.2) is 97.2 Å². The van der Waals surface area contributed by atoms with E-state index in [1.807, 2.05) is 61.5 Å². The van der Waals surface area contributed by atoms with E-state index in [2.05, 4.69) is 61.7 Å². The van der Waals surface area contributed by atoms with Gasteiger partial charge in [0.1, 0.15) is 19.6 Å². The SMILES string of the molecule is C#Cc1cc(Nc2nccc(Oc3ccc(NC(=O)Nc4cc([Si](C)(C)C)nn4-c4ccc(C)cc4)c4ccccc34)n2)cc(C(=O)NCCN2CCOCC2)c1. The molecule has 3 amide bonds. The molecule has 1 fully saturated rings. The van der Waals surface area contributed by atoms with Crippen LogP contribution in [0, 0.1) is 19.3 Å². The van der Waals surface area contributed by atoms with E-state index in [0.29, 0.717) is 53.8 Å². The molecule has 0 bridgehead atoms. The smallest absolute Gasteiger partial charge is 0.324 e. The lowest BCUT2D eigenvalue weighted by Gasteiger charge is -2.26. The monoisotopic (exact) mass is 779 g/mol. The Morgan fingerprint density at radius 2 is 1.70 bits per heavy atom. The molecule has 0 radical (unpaired) electrons. The van der Waals surface area contributed by atoms with Crippen molar-refractivity contribution >= 4 is 59.2 Å². The first kappa shape index (κ1) is 38.7. The second kappa shape index (κ2) is 17.1. The lowest BCUT2D eigenvalue weighted by molar-refractivity contribution is 0.0383. The minimum Gasteiger partial charge on any atom is -0.438 e. The van der Waals surface area contributed by atoms with E-state index in [1.165, 1.54) is 0 Å². The molecule has 1 aliphatic heterocycles. The van der Waals surface area contributed by atoms with E-state index in [9.17, 15) is 9.59 Å². The highest BCUT2D eigenvalue weighted by Gasteiger charge is 2.24. The molecule has 0 saturated carbocycles. The average Bonchev–Trinajstić information content (AvgIpc) is 3.64. The topological polar surface area (TPSA) is 148 Å². The molecule has 6 aromatic rings. The van der Waals surface area contributed by atoms with Crippen molar-refractivity contribution in [3.8, 4) is 29.7 Å². The van der Waals surface area contributed by atoms with Crippen molar-refractivity contribution in [2.24, 2.45) is 0 Å². The molecule has 0 unspecified atom stereocenters. The number of terminal acetylenes is 1.